The van der Waals surface area contributed by atoms with Gasteiger partial charge in [0.2, 0.25) is 0 Å². The molecule has 0 radical (unpaired) electrons. The van der Waals surface area contributed by atoms with E-state index in [-0.39, 0.29) is 5.91 Å². The van der Waals surface area contributed by atoms with Crippen molar-refractivity contribution < 1.29 is 14.3 Å². The van der Waals surface area contributed by atoms with Crippen molar-refractivity contribution in [2.24, 2.45) is 0 Å². The molecule has 0 atom stereocenters. The maximum Gasteiger partial charge on any atom is 0.254 e. The van der Waals surface area contributed by atoms with Crippen LogP contribution in [0.25, 0.3) is 0 Å². The summed E-state index contributed by atoms with van der Waals surface area (Å²) in [6.07, 6.45) is 0.978. The fraction of sp³-hybridized carbons (Fsp3) is 0.533. The van der Waals surface area contributed by atoms with E-state index in [0.717, 1.165) is 38.2 Å². The van der Waals surface area contributed by atoms with Gasteiger partial charge >= 0.3 is 0 Å². The number of benzene rings is 1. The Morgan fingerprint density at radius 1 is 1.15 bits per heavy atom. The van der Waals surface area contributed by atoms with Gasteiger partial charge in [0, 0.05) is 30.8 Å². The molecule has 0 aliphatic carbocycles. The largest absolute Gasteiger partial charge is 0.496 e. The van der Waals surface area contributed by atoms with Gasteiger partial charge in [0.1, 0.15) is 11.5 Å². The smallest absolute Gasteiger partial charge is 0.254 e. The molecule has 1 saturated heterocycles. The van der Waals surface area contributed by atoms with E-state index in [1.165, 1.54) is 0 Å². The van der Waals surface area contributed by atoms with Gasteiger partial charge in [-0.05, 0) is 32.0 Å². The average molecular weight is 278 g/mol. The van der Waals surface area contributed by atoms with E-state index in [1.54, 1.807) is 26.4 Å². The highest BCUT2D eigenvalue weighted by molar-refractivity contribution is 5.95. The second-order valence-electron chi connectivity index (χ2n) is 4.90. The zero-order chi connectivity index (χ0) is 14.5. The summed E-state index contributed by atoms with van der Waals surface area (Å²) in [5, 5.41) is 3.29. The lowest BCUT2D eigenvalue weighted by Gasteiger charge is -2.21. The third kappa shape index (κ3) is 3.04. The number of methoxy groups -OCH3 is 2. The molecule has 1 aromatic rings. The van der Waals surface area contributed by atoms with E-state index in [4.69, 9.17) is 9.47 Å². The Morgan fingerprint density at radius 3 is 2.40 bits per heavy atom. The Labute approximate surface area is 119 Å². The lowest BCUT2D eigenvalue weighted by atomic mass is 10.1. The number of carbonyl (C=O) groups excluding carboxylic acids is 1. The van der Waals surface area contributed by atoms with Gasteiger partial charge in [-0.3, -0.25) is 4.79 Å². The van der Waals surface area contributed by atoms with Crippen LogP contribution >= 0.6 is 0 Å². The van der Waals surface area contributed by atoms with Gasteiger partial charge in [-0.2, -0.15) is 0 Å². The fourth-order valence-corrected chi connectivity index (χ4v) is 2.44. The first-order valence-corrected chi connectivity index (χ1v) is 6.90. The predicted octanol–water partition coefficient (Wildman–Crippen LogP) is 1.45. The second kappa shape index (κ2) is 6.61. The second-order valence-corrected chi connectivity index (χ2v) is 4.90. The maximum absolute atomic E-state index is 12.6. The van der Waals surface area contributed by atoms with E-state index < -0.39 is 0 Å². The molecule has 0 unspecified atom stereocenters. The zero-order valence-electron chi connectivity index (χ0n) is 12.4. The van der Waals surface area contributed by atoms with Crippen molar-refractivity contribution in [3.63, 3.8) is 0 Å². The van der Waals surface area contributed by atoms with Gasteiger partial charge < -0.3 is 19.7 Å². The van der Waals surface area contributed by atoms with E-state index in [2.05, 4.69) is 5.32 Å². The van der Waals surface area contributed by atoms with Crippen LogP contribution in [0.5, 0.6) is 11.5 Å². The number of hydrogen-bond donors (Lipinski definition) is 1. The number of rotatable bonds is 3. The lowest BCUT2D eigenvalue weighted by molar-refractivity contribution is 0.0765. The minimum atomic E-state index is 0.0327. The summed E-state index contributed by atoms with van der Waals surface area (Å²) < 4.78 is 10.7. The molecule has 0 spiro atoms. The number of ether oxygens (including phenoxy) is 2. The highest BCUT2D eigenvalue weighted by Crippen LogP contribution is 2.30. The number of hydrogen-bond acceptors (Lipinski definition) is 4. The van der Waals surface area contributed by atoms with Crippen molar-refractivity contribution in [1.29, 1.82) is 0 Å². The SMILES string of the molecule is COc1cc(C(=O)N2CCCNCC2)cc(OC)c1C. The number of carbonyl (C=O) groups is 1. The molecule has 5 nitrogen and oxygen atoms in total. The first kappa shape index (κ1) is 14.7. The van der Waals surface area contributed by atoms with Crippen molar-refractivity contribution in [2.75, 3.05) is 40.4 Å². The quantitative estimate of drug-likeness (QED) is 0.909. The molecule has 20 heavy (non-hydrogen) atoms. The third-order valence-corrected chi connectivity index (χ3v) is 3.63. The molecule has 5 heteroatoms. The Kier molecular flexibility index (Phi) is 4.84. The number of nitrogens with zero attached hydrogens (tertiary/aromatic N) is 1. The molecule has 1 amide bonds. The molecule has 110 valence electrons. The van der Waals surface area contributed by atoms with Gasteiger partial charge in [-0.25, -0.2) is 0 Å². The van der Waals surface area contributed by atoms with Crippen LogP contribution in [0.1, 0.15) is 22.3 Å². The fourth-order valence-electron chi connectivity index (χ4n) is 2.44. The summed E-state index contributed by atoms with van der Waals surface area (Å²) in [5.41, 5.74) is 1.52. The summed E-state index contributed by atoms with van der Waals surface area (Å²) in [4.78, 5) is 14.5. The summed E-state index contributed by atoms with van der Waals surface area (Å²) in [6.45, 7) is 5.24. The lowest BCUT2D eigenvalue weighted by Crippen LogP contribution is -2.34. The first-order valence-electron chi connectivity index (χ1n) is 6.90. The van der Waals surface area contributed by atoms with Crippen molar-refractivity contribution in [1.82, 2.24) is 10.2 Å². The normalized spacial score (nSPS) is 15.7. The minimum Gasteiger partial charge on any atom is -0.496 e. The van der Waals surface area contributed by atoms with Crippen LogP contribution in [0.3, 0.4) is 0 Å². The van der Waals surface area contributed by atoms with Gasteiger partial charge in [0.25, 0.3) is 5.91 Å². The van der Waals surface area contributed by atoms with Gasteiger partial charge in [0.05, 0.1) is 14.2 Å². The highest BCUT2D eigenvalue weighted by atomic mass is 16.5. The van der Waals surface area contributed by atoms with E-state index in [0.29, 0.717) is 17.1 Å². The molecular weight excluding hydrogens is 256 g/mol. The average Bonchev–Trinajstić information content (AvgIpc) is 2.75. The molecule has 1 fully saturated rings. The van der Waals surface area contributed by atoms with Crippen LogP contribution in [-0.2, 0) is 0 Å². The van der Waals surface area contributed by atoms with Crippen LogP contribution in [0.2, 0.25) is 0 Å². The number of amides is 1. The predicted molar refractivity (Wildman–Crippen MR) is 77.7 cm³/mol. The first-order chi connectivity index (χ1) is 9.67. The van der Waals surface area contributed by atoms with Crippen molar-refractivity contribution in [2.45, 2.75) is 13.3 Å². The van der Waals surface area contributed by atoms with Crippen LogP contribution in [0.15, 0.2) is 12.1 Å². The molecule has 1 aromatic carbocycles. The summed E-state index contributed by atoms with van der Waals surface area (Å²) in [7, 11) is 3.21. The van der Waals surface area contributed by atoms with Crippen molar-refractivity contribution in [3.8, 4) is 11.5 Å². The molecule has 2 rings (SSSR count). The molecule has 1 N–H and O–H groups in total. The standard InChI is InChI=1S/C15H22N2O3/c1-11-13(19-2)9-12(10-14(11)20-3)15(18)17-7-4-5-16-6-8-17/h9-10,16H,4-8H2,1-3H3. The van der Waals surface area contributed by atoms with Gasteiger partial charge in [0.15, 0.2) is 0 Å². The van der Waals surface area contributed by atoms with Crippen LogP contribution in [-0.4, -0.2) is 51.2 Å². The summed E-state index contributed by atoms with van der Waals surface area (Å²) in [5.74, 6) is 1.39. The van der Waals surface area contributed by atoms with Crippen molar-refractivity contribution >= 4 is 5.91 Å². The monoisotopic (exact) mass is 278 g/mol. The van der Waals surface area contributed by atoms with Crippen LogP contribution in [0.4, 0.5) is 0 Å². The van der Waals surface area contributed by atoms with Crippen molar-refractivity contribution in [3.05, 3.63) is 23.3 Å². The zero-order valence-corrected chi connectivity index (χ0v) is 12.4. The van der Waals surface area contributed by atoms with E-state index in [9.17, 15) is 4.79 Å². The van der Waals surface area contributed by atoms with Crippen LogP contribution < -0.4 is 14.8 Å². The molecule has 0 saturated carbocycles. The van der Waals surface area contributed by atoms with Gasteiger partial charge in [-0.15, -0.1) is 0 Å². The molecule has 1 heterocycles. The summed E-state index contributed by atoms with van der Waals surface area (Å²) in [6, 6.07) is 3.58. The van der Waals surface area contributed by atoms with Gasteiger partial charge in [-0.1, -0.05) is 0 Å². The Balaban J connectivity index is 2.28. The Hall–Kier alpha value is -1.75. The molecule has 1 aliphatic rings. The Morgan fingerprint density at radius 2 is 1.80 bits per heavy atom. The topological polar surface area (TPSA) is 50.8 Å². The van der Waals surface area contributed by atoms with E-state index in [1.807, 2.05) is 11.8 Å². The van der Waals surface area contributed by atoms with Crippen LogP contribution in [0, 0.1) is 6.92 Å². The molecule has 0 bridgehead atoms. The Bertz CT molecular complexity index is 455. The minimum absolute atomic E-state index is 0.0327. The summed E-state index contributed by atoms with van der Waals surface area (Å²) >= 11 is 0. The number of nitrogens with one attached hydrogen (secondary N) is 1. The highest BCUT2D eigenvalue weighted by Gasteiger charge is 2.20. The molecular formula is C15H22N2O3. The molecule has 1 aliphatic heterocycles. The molecule has 0 aromatic heterocycles. The maximum atomic E-state index is 12.6. The third-order valence-electron chi connectivity index (χ3n) is 3.63. The van der Waals surface area contributed by atoms with E-state index >= 15 is 0 Å².